The van der Waals surface area contributed by atoms with Crippen LogP contribution in [0.25, 0.3) is 0 Å². The summed E-state index contributed by atoms with van der Waals surface area (Å²) in [5.74, 6) is 0.403. The molecule has 144 valence electrons. The van der Waals surface area contributed by atoms with Gasteiger partial charge in [-0.25, -0.2) is 9.18 Å². The van der Waals surface area contributed by atoms with Gasteiger partial charge in [-0.1, -0.05) is 24.3 Å². The minimum Gasteiger partial charge on any atom is -0.497 e. The van der Waals surface area contributed by atoms with Crippen molar-refractivity contribution in [2.24, 2.45) is 0 Å². The van der Waals surface area contributed by atoms with Crippen LogP contribution in [-0.4, -0.2) is 36.4 Å². The van der Waals surface area contributed by atoms with E-state index in [1.54, 1.807) is 24.1 Å². The molecule has 2 aromatic rings. The van der Waals surface area contributed by atoms with Crippen LogP contribution in [0.2, 0.25) is 0 Å². The van der Waals surface area contributed by atoms with E-state index in [1.807, 2.05) is 31.2 Å². The fourth-order valence-corrected chi connectivity index (χ4v) is 3.54. The van der Waals surface area contributed by atoms with Gasteiger partial charge in [-0.05, 0) is 42.3 Å². The van der Waals surface area contributed by atoms with E-state index in [0.29, 0.717) is 18.5 Å². The second-order valence-corrected chi connectivity index (χ2v) is 6.74. The van der Waals surface area contributed by atoms with Crippen LogP contribution in [0.3, 0.4) is 0 Å². The summed E-state index contributed by atoms with van der Waals surface area (Å²) >= 11 is 0. The zero-order valence-electron chi connectivity index (χ0n) is 15.5. The Morgan fingerprint density at radius 3 is 2.44 bits per heavy atom. The third kappa shape index (κ3) is 3.90. The van der Waals surface area contributed by atoms with Gasteiger partial charge >= 0.3 is 6.09 Å². The summed E-state index contributed by atoms with van der Waals surface area (Å²) in [5, 5.41) is 9.50. The molecule has 0 radical (unpaired) electrons. The highest BCUT2D eigenvalue weighted by molar-refractivity contribution is 5.70. The molecular weight excluding hydrogens is 349 g/mol. The molecule has 1 N–H and O–H groups in total. The fraction of sp³-hybridized carbons (Fsp3) is 0.381. The number of cyclic esters (lactones) is 1. The first-order valence-corrected chi connectivity index (χ1v) is 8.99. The molecule has 0 aliphatic carbocycles. The summed E-state index contributed by atoms with van der Waals surface area (Å²) in [6, 6.07) is 13.3. The van der Waals surface area contributed by atoms with Crippen molar-refractivity contribution >= 4 is 6.09 Å². The molecule has 2 aromatic carbocycles. The van der Waals surface area contributed by atoms with Gasteiger partial charge in [-0.2, -0.15) is 0 Å². The summed E-state index contributed by atoms with van der Waals surface area (Å²) in [6.07, 6.45) is 0.350. The number of ether oxygens (including phenoxy) is 2. The number of carbonyl (C=O) groups is 1. The summed E-state index contributed by atoms with van der Waals surface area (Å²) in [7, 11) is 1.61. The van der Waals surface area contributed by atoms with Gasteiger partial charge in [0.1, 0.15) is 17.2 Å². The van der Waals surface area contributed by atoms with Crippen molar-refractivity contribution in [1.29, 1.82) is 0 Å². The van der Waals surface area contributed by atoms with Crippen molar-refractivity contribution in [2.75, 3.05) is 20.3 Å². The van der Waals surface area contributed by atoms with E-state index >= 15 is 0 Å². The second-order valence-electron chi connectivity index (χ2n) is 6.74. The summed E-state index contributed by atoms with van der Waals surface area (Å²) in [5.41, 5.74) is 0.739. The lowest BCUT2D eigenvalue weighted by atomic mass is 9.85. The highest BCUT2D eigenvalue weighted by atomic mass is 19.1. The summed E-state index contributed by atoms with van der Waals surface area (Å²) < 4.78 is 24.3. The van der Waals surface area contributed by atoms with Gasteiger partial charge in [0.15, 0.2) is 0 Å². The van der Waals surface area contributed by atoms with Gasteiger partial charge < -0.3 is 19.5 Å². The molecule has 1 amide bonds. The van der Waals surface area contributed by atoms with E-state index in [2.05, 4.69) is 0 Å². The molecule has 1 aliphatic heterocycles. The number of benzene rings is 2. The molecular formula is C21H24FNO4. The molecule has 1 fully saturated rings. The van der Waals surface area contributed by atoms with Crippen molar-refractivity contribution in [2.45, 2.75) is 31.4 Å². The zero-order chi connectivity index (χ0) is 19.4. The van der Waals surface area contributed by atoms with Crippen molar-refractivity contribution in [1.82, 2.24) is 4.90 Å². The van der Waals surface area contributed by atoms with Gasteiger partial charge in [-0.15, -0.1) is 0 Å². The van der Waals surface area contributed by atoms with Gasteiger partial charge in [-0.3, -0.25) is 0 Å². The Kier molecular flexibility index (Phi) is 5.65. The standard InChI is InChI=1S/C21H24FNO4/c1-15(16-3-9-19(26-2)10-4-16)23-13-11-21(12-14-24,27-20(23)25)17-5-7-18(22)8-6-17/h3-10,15,24H,11-14H2,1-2H3/t15-,21-/m0/s1. The Morgan fingerprint density at radius 2 is 1.89 bits per heavy atom. The molecule has 5 nitrogen and oxygen atoms in total. The third-order valence-corrected chi connectivity index (χ3v) is 5.23. The third-order valence-electron chi connectivity index (χ3n) is 5.23. The van der Waals surface area contributed by atoms with Crippen LogP contribution in [-0.2, 0) is 10.3 Å². The molecule has 1 heterocycles. The molecule has 1 saturated heterocycles. The number of halogens is 1. The fourth-order valence-electron chi connectivity index (χ4n) is 3.54. The zero-order valence-corrected chi connectivity index (χ0v) is 15.5. The van der Waals surface area contributed by atoms with E-state index in [4.69, 9.17) is 9.47 Å². The van der Waals surface area contributed by atoms with Crippen LogP contribution in [0.1, 0.15) is 36.9 Å². The van der Waals surface area contributed by atoms with Gasteiger partial charge in [0.05, 0.1) is 13.2 Å². The molecule has 0 saturated carbocycles. The van der Waals surface area contributed by atoms with Crippen LogP contribution in [0.15, 0.2) is 48.5 Å². The number of aliphatic hydroxyl groups is 1. The first kappa shape index (κ1) is 19.2. The Balaban J connectivity index is 1.79. The molecule has 0 spiro atoms. The maximum absolute atomic E-state index is 13.3. The van der Waals surface area contributed by atoms with Crippen LogP contribution < -0.4 is 4.74 Å². The van der Waals surface area contributed by atoms with E-state index in [-0.39, 0.29) is 24.9 Å². The number of hydrogen-bond donors (Lipinski definition) is 1. The Hall–Kier alpha value is -2.60. The molecule has 3 rings (SSSR count). The largest absolute Gasteiger partial charge is 0.497 e. The molecule has 0 aromatic heterocycles. The number of amides is 1. The highest BCUT2D eigenvalue weighted by Crippen LogP contribution is 2.39. The minimum absolute atomic E-state index is 0.126. The molecule has 2 atom stereocenters. The quantitative estimate of drug-likeness (QED) is 0.831. The molecule has 0 bridgehead atoms. The van der Waals surface area contributed by atoms with Crippen LogP contribution >= 0.6 is 0 Å². The van der Waals surface area contributed by atoms with E-state index in [0.717, 1.165) is 11.3 Å². The summed E-state index contributed by atoms with van der Waals surface area (Å²) in [4.78, 5) is 14.5. The Morgan fingerprint density at radius 1 is 1.22 bits per heavy atom. The molecule has 6 heteroatoms. The topological polar surface area (TPSA) is 59.0 Å². The molecule has 0 unspecified atom stereocenters. The van der Waals surface area contributed by atoms with Gasteiger partial charge in [0.2, 0.25) is 0 Å². The number of aliphatic hydroxyl groups excluding tert-OH is 1. The highest BCUT2D eigenvalue weighted by Gasteiger charge is 2.43. The predicted octanol–water partition coefficient (Wildman–Crippen LogP) is 4.02. The Labute approximate surface area is 158 Å². The number of nitrogens with zero attached hydrogens (tertiary/aromatic N) is 1. The maximum Gasteiger partial charge on any atom is 0.411 e. The number of rotatable bonds is 6. The van der Waals surface area contributed by atoms with Crippen LogP contribution in [0.4, 0.5) is 9.18 Å². The van der Waals surface area contributed by atoms with Crippen molar-refractivity contribution in [3.05, 3.63) is 65.5 Å². The first-order valence-electron chi connectivity index (χ1n) is 8.99. The SMILES string of the molecule is COc1ccc([C@H](C)N2CC[C@](CCO)(c3ccc(F)cc3)OC2=O)cc1. The lowest BCUT2D eigenvalue weighted by Crippen LogP contribution is -2.49. The van der Waals surface area contributed by atoms with E-state index in [1.165, 1.54) is 12.1 Å². The summed E-state index contributed by atoms with van der Waals surface area (Å²) in [6.45, 7) is 2.29. The lowest BCUT2D eigenvalue weighted by molar-refractivity contribution is -0.0718. The maximum atomic E-state index is 13.3. The van der Waals surface area contributed by atoms with Crippen molar-refractivity contribution < 1.29 is 23.8 Å². The van der Waals surface area contributed by atoms with Gasteiger partial charge in [0, 0.05) is 26.0 Å². The van der Waals surface area contributed by atoms with Crippen LogP contribution in [0.5, 0.6) is 5.75 Å². The predicted molar refractivity (Wildman–Crippen MR) is 99.0 cm³/mol. The van der Waals surface area contributed by atoms with Crippen LogP contribution in [0, 0.1) is 5.82 Å². The number of methoxy groups -OCH3 is 1. The smallest absolute Gasteiger partial charge is 0.411 e. The van der Waals surface area contributed by atoms with E-state index in [9.17, 15) is 14.3 Å². The monoisotopic (exact) mass is 373 g/mol. The average molecular weight is 373 g/mol. The minimum atomic E-state index is -0.935. The normalized spacial score (nSPS) is 20.9. The van der Waals surface area contributed by atoms with Crippen molar-refractivity contribution in [3.8, 4) is 5.75 Å². The van der Waals surface area contributed by atoms with E-state index < -0.39 is 11.7 Å². The average Bonchev–Trinajstić information content (AvgIpc) is 2.68. The molecule has 27 heavy (non-hydrogen) atoms. The van der Waals surface area contributed by atoms with Crippen molar-refractivity contribution in [3.63, 3.8) is 0 Å². The Bertz CT molecular complexity index is 778. The molecule has 1 aliphatic rings. The second kappa shape index (κ2) is 7.96. The first-order chi connectivity index (χ1) is 13.0. The van der Waals surface area contributed by atoms with Gasteiger partial charge in [0.25, 0.3) is 0 Å². The number of carbonyl (C=O) groups excluding carboxylic acids is 1. The lowest BCUT2D eigenvalue weighted by Gasteiger charge is -2.43. The number of hydrogen-bond acceptors (Lipinski definition) is 4.